The van der Waals surface area contributed by atoms with Crippen LogP contribution in [-0.2, 0) is 4.79 Å². The smallest absolute Gasteiger partial charge is 0.241 e. The molecule has 8 nitrogen and oxygen atoms in total. The summed E-state index contributed by atoms with van der Waals surface area (Å²) in [5.41, 5.74) is 0. The molecule has 2 heterocycles. The Morgan fingerprint density at radius 1 is 1.45 bits per heavy atom. The number of hydrogen-bond acceptors (Lipinski definition) is 6. The van der Waals surface area contributed by atoms with Gasteiger partial charge in [-0.2, -0.15) is 15.0 Å². The van der Waals surface area contributed by atoms with Crippen LogP contribution in [0.5, 0.6) is 0 Å². The van der Waals surface area contributed by atoms with Crippen LogP contribution < -0.4 is 10.2 Å². The standard InChI is InChI=1S/C11H14ClN7O/c1-13-8(20)3-5-18(2)10-15-9(12)16-11(17-10)19-6-4-14-7-19/h4,6-7H,3,5H2,1-2H3,(H,13,20). The molecule has 0 spiro atoms. The van der Waals surface area contributed by atoms with Crippen molar-refractivity contribution in [3.8, 4) is 5.95 Å². The van der Waals surface area contributed by atoms with Crippen molar-refractivity contribution in [2.24, 2.45) is 0 Å². The maximum Gasteiger partial charge on any atom is 0.241 e. The largest absolute Gasteiger partial charge is 0.359 e. The van der Waals surface area contributed by atoms with Gasteiger partial charge in [0.15, 0.2) is 0 Å². The Hall–Kier alpha value is -2.22. The topological polar surface area (TPSA) is 88.8 Å². The summed E-state index contributed by atoms with van der Waals surface area (Å²) < 4.78 is 1.63. The quantitative estimate of drug-likeness (QED) is 0.852. The normalized spacial score (nSPS) is 10.3. The average Bonchev–Trinajstić information content (AvgIpc) is 2.97. The van der Waals surface area contributed by atoms with Crippen molar-refractivity contribution < 1.29 is 4.79 Å². The second kappa shape index (κ2) is 6.29. The predicted octanol–water partition coefficient (Wildman–Crippen LogP) is 0.283. The van der Waals surface area contributed by atoms with Crippen LogP contribution in [0.2, 0.25) is 5.28 Å². The monoisotopic (exact) mass is 295 g/mol. The van der Waals surface area contributed by atoms with Gasteiger partial charge in [0.25, 0.3) is 0 Å². The van der Waals surface area contributed by atoms with Crippen molar-refractivity contribution in [1.29, 1.82) is 0 Å². The minimum absolute atomic E-state index is 0.0492. The summed E-state index contributed by atoms with van der Waals surface area (Å²) in [7, 11) is 3.38. The van der Waals surface area contributed by atoms with E-state index >= 15 is 0 Å². The molecule has 0 fully saturated rings. The number of nitrogens with one attached hydrogen (secondary N) is 1. The van der Waals surface area contributed by atoms with Gasteiger partial charge in [-0.15, -0.1) is 0 Å². The number of anilines is 1. The molecule has 0 unspecified atom stereocenters. The molecule has 2 aromatic rings. The molecule has 0 aliphatic rings. The number of rotatable bonds is 5. The number of amides is 1. The Kier molecular flexibility index (Phi) is 4.46. The highest BCUT2D eigenvalue weighted by Crippen LogP contribution is 2.12. The number of hydrogen-bond donors (Lipinski definition) is 1. The van der Waals surface area contributed by atoms with Crippen molar-refractivity contribution in [2.45, 2.75) is 6.42 Å². The van der Waals surface area contributed by atoms with Gasteiger partial charge in [0.1, 0.15) is 6.33 Å². The van der Waals surface area contributed by atoms with Gasteiger partial charge in [-0.25, -0.2) is 4.98 Å². The minimum Gasteiger partial charge on any atom is -0.359 e. The summed E-state index contributed by atoms with van der Waals surface area (Å²) in [5, 5.41) is 2.65. The lowest BCUT2D eigenvalue weighted by molar-refractivity contribution is -0.120. The molecular weight excluding hydrogens is 282 g/mol. The maximum atomic E-state index is 11.2. The van der Waals surface area contributed by atoms with Gasteiger partial charge in [-0.1, -0.05) is 0 Å². The fraction of sp³-hybridized carbons (Fsp3) is 0.364. The van der Waals surface area contributed by atoms with E-state index in [0.717, 1.165) is 0 Å². The highest BCUT2D eigenvalue weighted by Gasteiger charge is 2.11. The molecule has 1 N–H and O–H groups in total. The van der Waals surface area contributed by atoms with Crippen molar-refractivity contribution >= 4 is 23.5 Å². The first-order chi connectivity index (χ1) is 9.60. The van der Waals surface area contributed by atoms with Crippen molar-refractivity contribution in [3.05, 3.63) is 24.0 Å². The lowest BCUT2D eigenvalue weighted by Crippen LogP contribution is -2.27. The van der Waals surface area contributed by atoms with Crippen molar-refractivity contribution in [1.82, 2.24) is 29.8 Å². The van der Waals surface area contributed by atoms with Crippen LogP contribution in [0.4, 0.5) is 5.95 Å². The SMILES string of the molecule is CNC(=O)CCN(C)c1nc(Cl)nc(-n2ccnc2)n1. The Bertz CT molecular complexity index is 586. The predicted molar refractivity (Wildman–Crippen MR) is 73.9 cm³/mol. The van der Waals surface area contributed by atoms with Crippen LogP contribution in [-0.4, -0.2) is 51.1 Å². The third kappa shape index (κ3) is 3.41. The summed E-state index contributed by atoms with van der Waals surface area (Å²) in [5.74, 6) is 0.730. The molecule has 0 bridgehead atoms. The average molecular weight is 296 g/mol. The molecular formula is C11H14ClN7O. The molecule has 1 amide bonds. The Labute approximate surface area is 120 Å². The maximum absolute atomic E-state index is 11.2. The van der Waals surface area contributed by atoms with E-state index in [4.69, 9.17) is 11.6 Å². The fourth-order valence-electron chi connectivity index (χ4n) is 1.49. The van der Waals surface area contributed by atoms with Gasteiger partial charge in [0.2, 0.25) is 23.1 Å². The highest BCUT2D eigenvalue weighted by atomic mass is 35.5. The molecule has 0 saturated heterocycles. The first-order valence-electron chi connectivity index (χ1n) is 5.92. The van der Waals surface area contributed by atoms with Gasteiger partial charge in [0, 0.05) is 39.5 Å². The van der Waals surface area contributed by atoms with E-state index < -0.39 is 0 Å². The lowest BCUT2D eigenvalue weighted by atomic mass is 10.4. The number of halogens is 1. The van der Waals surface area contributed by atoms with Crippen molar-refractivity contribution in [3.63, 3.8) is 0 Å². The molecule has 106 valence electrons. The van der Waals surface area contributed by atoms with Crippen LogP contribution in [0, 0.1) is 0 Å². The second-order valence-corrected chi connectivity index (χ2v) is 4.36. The van der Waals surface area contributed by atoms with Gasteiger partial charge >= 0.3 is 0 Å². The molecule has 0 aliphatic carbocycles. The zero-order valence-corrected chi connectivity index (χ0v) is 11.9. The van der Waals surface area contributed by atoms with Gasteiger partial charge in [0.05, 0.1) is 0 Å². The molecule has 0 aromatic carbocycles. The number of carbonyl (C=O) groups excluding carboxylic acids is 1. The number of carbonyl (C=O) groups is 1. The van der Waals surface area contributed by atoms with Gasteiger partial charge in [-0.3, -0.25) is 9.36 Å². The first kappa shape index (κ1) is 14.2. The van der Waals surface area contributed by atoms with Crippen LogP contribution >= 0.6 is 11.6 Å². The van der Waals surface area contributed by atoms with Gasteiger partial charge in [-0.05, 0) is 11.6 Å². The summed E-state index contributed by atoms with van der Waals surface area (Å²) in [4.78, 5) is 29.3. The zero-order valence-electron chi connectivity index (χ0n) is 11.1. The van der Waals surface area contributed by atoms with E-state index in [1.54, 1.807) is 42.3 Å². The highest BCUT2D eigenvalue weighted by molar-refractivity contribution is 6.28. The van der Waals surface area contributed by atoms with E-state index in [1.807, 2.05) is 0 Å². The van der Waals surface area contributed by atoms with E-state index in [-0.39, 0.29) is 11.2 Å². The van der Waals surface area contributed by atoms with Crippen LogP contribution in [0.15, 0.2) is 18.7 Å². The van der Waals surface area contributed by atoms with E-state index in [0.29, 0.717) is 24.9 Å². The summed E-state index contributed by atoms with van der Waals surface area (Å²) >= 11 is 5.90. The van der Waals surface area contributed by atoms with E-state index in [2.05, 4.69) is 25.3 Å². The third-order valence-electron chi connectivity index (χ3n) is 2.61. The first-order valence-corrected chi connectivity index (χ1v) is 6.29. The molecule has 9 heteroatoms. The third-order valence-corrected chi connectivity index (χ3v) is 2.78. The Morgan fingerprint density at radius 3 is 2.90 bits per heavy atom. The summed E-state index contributed by atoms with van der Waals surface area (Å²) in [6.45, 7) is 0.476. The fourth-order valence-corrected chi connectivity index (χ4v) is 1.64. The van der Waals surface area contributed by atoms with E-state index in [9.17, 15) is 4.79 Å². The van der Waals surface area contributed by atoms with Gasteiger partial charge < -0.3 is 10.2 Å². The Morgan fingerprint density at radius 2 is 2.25 bits per heavy atom. The second-order valence-electron chi connectivity index (χ2n) is 4.02. The number of aromatic nitrogens is 5. The number of nitrogens with zero attached hydrogens (tertiary/aromatic N) is 6. The summed E-state index contributed by atoms with van der Waals surface area (Å²) in [6.07, 6.45) is 5.24. The molecule has 0 radical (unpaired) electrons. The van der Waals surface area contributed by atoms with Crippen LogP contribution in [0.1, 0.15) is 6.42 Å². The molecule has 20 heavy (non-hydrogen) atoms. The lowest BCUT2D eigenvalue weighted by Gasteiger charge is -2.16. The number of imidazole rings is 1. The van der Waals surface area contributed by atoms with Crippen LogP contribution in [0.3, 0.4) is 0 Å². The molecule has 0 aliphatic heterocycles. The Balaban J connectivity index is 2.17. The molecule has 2 rings (SSSR count). The minimum atomic E-state index is -0.0492. The molecule has 2 aromatic heterocycles. The zero-order chi connectivity index (χ0) is 14.5. The molecule has 0 atom stereocenters. The summed E-state index contributed by atoms with van der Waals surface area (Å²) in [6, 6.07) is 0. The van der Waals surface area contributed by atoms with E-state index in [1.165, 1.54) is 0 Å². The van der Waals surface area contributed by atoms with Crippen molar-refractivity contribution in [2.75, 3.05) is 25.5 Å². The van der Waals surface area contributed by atoms with Crippen LogP contribution in [0.25, 0.3) is 5.95 Å². The molecule has 0 saturated carbocycles.